The van der Waals surface area contributed by atoms with E-state index in [-0.39, 0.29) is 12.3 Å². The molecule has 15 heavy (non-hydrogen) atoms. The van der Waals surface area contributed by atoms with Gasteiger partial charge in [-0.3, -0.25) is 0 Å². The van der Waals surface area contributed by atoms with E-state index in [0.29, 0.717) is 5.01 Å². The average Bonchev–Trinajstić information content (AvgIpc) is 2.15. The van der Waals surface area contributed by atoms with Gasteiger partial charge in [-0.25, -0.2) is 17.5 Å². The van der Waals surface area contributed by atoms with Crippen LogP contribution >= 0.6 is 0 Å². The first-order valence-corrected chi connectivity index (χ1v) is 5.67. The molecular formula is C6H14N4O4S. The molecule has 0 aliphatic rings. The van der Waals surface area contributed by atoms with E-state index in [4.69, 9.17) is 0 Å². The van der Waals surface area contributed by atoms with Gasteiger partial charge >= 0.3 is 6.03 Å². The van der Waals surface area contributed by atoms with Gasteiger partial charge in [-0.05, 0) is 0 Å². The van der Waals surface area contributed by atoms with Crippen molar-refractivity contribution in [3.05, 3.63) is 4.91 Å². The Morgan fingerprint density at radius 2 is 1.87 bits per heavy atom. The minimum absolute atomic E-state index is 0.0702. The number of nitrogens with one attached hydrogen (secondary N) is 1. The van der Waals surface area contributed by atoms with E-state index in [0.717, 1.165) is 4.31 Å². The second-order valence-corrected chi connectivity index (χ2v) is 5.24. The van der Waals surface area contributed by atoms with Gasteiger partial charge in [-0.1, -0.05) is 0 Å². The summed E-state index contributed by atoms with van der Waals surface area (Å²) in [6.07, 6.45) is 0. The number of nitroso groups, excluding NO2 is 1. The van der Waals surface area contributed by atoms with E-state index in [1.54, 1.807) is 0 Å². The fourth-order valence-corrected chi connectivity index (χ4v) is 1.35. The lowest BCUT2D eigenvalue weighted by atomic mass is 10.7. The highest BCUT2D eigenvalue weighted by Crippen LogP contribution is 1.92. The lowest BCUT2D eigenvalue weighted by molar-refractivity contribution is 0.210. The summed E-state index contributed by atoms with van der Waals surface area (Å²) in [6, 6.07) is -0.737. The third kappa shape index (κ3) is 4.70. The van der Waals surface area contributed by atoms with Crippen molar-refractivity contribution in [2.45, 2.75) is 0 Å². The summed E-state index contributed by atoms with van der Waals surface area (Å²) in [4.78, 5) is 20.8. The predicted molar refractivity (Wildman–Crippen MR) is 54.4 cm³/mol. The number of hydrogen-bond donors (Lipinski definition) is 1. The molecule has 0 aromatic rings. The van der Waals surface area contributed by atoms with Crippen LogP contribution in [0.5, 0.6) is 0 Å². The Bertz CT molecular complexity index is 326. The molecular weight excluding hydrogens is 224 g/mol. The van der Waals surface area contributed by atoms with Gasteiger partial charge in [-0.15, -0.1) is 4.91 Å². The normalized spacial score (nSPS) is 11.2. The van der Waals surface area contributed by atoms with Gasteiger partial charge in [0.2, 0.25) is 10.0 Å². The van der Waals surface area contributed by atoms with Gasteiger partial charge in [0.15, 0.2) is 0 Å². The number of rotatable bonds is 5. The lowest BCUT2D eigenvalue weighted by Gasteiger charge is -2.12. The Labute approximate surface area is 88.2 Å². The second kappa shape index (κ2) is 5.61. The van der Waals surface area contributed by atoms with Crippen LogP contribution in [0.1, 0.15) is 0 Å². The van der Waals surface area contributed by atoms with E-state index in [9.17, 15) is 18.1 Å². The van der Waals surface area contributed by atoms with Crippen LogP contribution in [0.15, 0.2) is 5.29 Å². The summed E-state index contributed by atoms with van der Waals surface area (Å²) in [5, 5.41) is 5.13. The number of sulfonamides is 1. The number of carbonyl (C=O) groups excluding carboxylic acids is 1. The van der Waals surface area contributed by atoms with Crippen LogP contribution in [0.25, 0.3) is 0 Å². The maximum Gasteiger partial charge on any atom is 0.340 e. The Hall–Kier alpha value is -1.22. The van der Waals surface area contributed by atoms with E-state index < -0.39 is 16.1 Å². The zero-order valence-corrected chi connectivity index (χ0v) is 9.61. The van der Waals surface area contributed by atoms with Crippen molar-refractivity contribution in [1.29, 1.82) is 0 Å². The first-order valence-electron chi connectivity index (χ1n) is 4.06. The highest BCUT2D eigenvalue weighted by Gasteiger charge is 2.14. The highest BCUT2D eigenvalue weighted by atomic mass is 32.2. The van der Waals surface area contributed by atoms with Gasteiger partial charge in [0, 0.05) is 27.7 Å². The fraction of sp³-hybridized carbons (Fsp3) is 0.833. The largest absolute Gasteiger partial charge is 0.340 e. The summed E-state index contributed by atoms with van der Waals surface area (Å²) < 4.78 is 23.5. The van der Waals surface area contributed by atoms with Crippen molar-refractivity contribution in [3.63, 3.8) is 0 Å². The number of urea groups is 1. The highest BCUT2D eigenvalue weighted by molar-refractivity contribution is 7.89. The topological polar surface area (TPSA) is 99.1 Å². The lowest BCUT2D eigenvalue weighted by Crippen LogP contribution is -2.38. The first-order chi connectivity index (χ1) is 6.81. The molecule has 9 heteroatoms. The molecule has 0 unspecified atom stereocenters. The minimum atomic E-state index is -3.33. The van der Waals surface area contributed by atoms with Crippen molar-refractivity contribution in [3.8, 4) is 0 Å². The number of nitrogens with zero attached hydrogens (tertiary/aromatic N) is 3. The van der Waals surface area contributed by atoms with Gasteiger partial charge in [0.25, 0.3) is 0 Å². The first kappa shape index (κ1) is 13.8. The van der Waals surface area contributed by atoms with Crippen molar-refractivity contribution in [2.24, 2.45) is 5.29 Å². The molecule has 0 saturated carbocycles. The zero-order chi connectivity index (χ0) is 12.1. The van der Waals surface area contributed by atoms with Gasteiger partial charge < -0.3 is 5.32 Å². The molecule has 0 heterocycles. The van der Waals surface area contributed by atoms with Crippen LogP contribution in [-0.2, 0) is 10.0 Å². The second-order valence-electron chi connectivity index (χ2n) is 2.94. The molecule has 0 aromatic carbocycles. The van der Waals surface area contributed by atoms with Gasteiger partial charge in [0.05, 0.1) is 11.0 Å². The summed E-state index contributed by atoms with van der Waals surface area (Å²) in [7, 11) is 0.633. The molecule has 0 spiro atoms. The molecule has 0 fully saturated rings. The molecule has 0 bridgehead atoms. The standard InChI is InChI=1S/C6H14N4O4S/c1-9(2)15(13,14)5-4-7-6(11)10(3)8-12/h4-5H2,1-3H3,(H,7,11). The van der Waals surface area contributed by atoms with Crippen molar-refractivity contribution >= 4 is 16.1 Å². The third-order valence-electron chi connectivity index (χ3n) is 1.61. The van der Waals surface area contributed by atoms with Crippen LogP contribution in [0, 0.1) is 4.91 Å². The molecule has 0 aliphatic heterocycles. The average molecular weight is 238 g/mol. The third-order valence-corrected chi connectivity index (χ3v) is 3.44. The Balaban J connectivity index is 4.01. The predicted octanol–water partition coefficient (Wildman–Crippen LogP) is -0.799. The van der Waals surface area contributed by atoms with Crippen molar-refractivity contribution in [1.82, 2.24) is 14.6 Å². The minimum Gasteiger partial charge on any atom is -0.335 e. The van der Waals surface area contributed by atoms with Crippen molar-refractivity contribution in [2.75, 3.05) is 33.4 Å². The number of amides is 2. The molecule has 1 N–H and O–H groups in total. The molecule has 0 aliphatic carbocycles. The van der Waals surface area contributed by atoms with Gasteiger partial charge in [0.1, 0.15) is 0 Å². The summed E-state index contributed by atoms with van der Waals surface area (Å²) in [5.41, 5.74) is 0. The maximum absolute atomic E-state index is 11.2. The van der Waals surface area contributed by atoms with Crippen LogP contribution in [0.4, 0.5) is 4.79 Å². The number of carbonyl (C=O) groups is 1. The summed E-state index contributed by atoms with van der Waals surface area (Å²) in [5.74, 6) is -0.224. The van der Waals surface area contributed by atoms with E-state index in [1.807, 2.05) is 0 Å². The van der Waals surface area contributed by atoms with E-state index in [2.05, 4.69) is 10.6 Å². The Morgan fingerprint density at radius 1 is 1.33 bits per heavy atom. The quantitative estimate of drug-likeness (QED) is 0.500. The van der Waals surface area contributed by atoms with Crippen LogP contribution in [-0.4, -0.2) is 57.2 Å². The van der Waals surface area contributed by atoms with Gasteiger partial charge in [-0.2, -0.15) is 5.01 Å². The molecule has 0 aromatic heterocycles. The Kier molecular flexibility index (Phi) is 5.15. The molecule has 88 valence electrons. The molecule has 0 rings (SSSR count). The molecule has 0 radical (unpaired) electrons. The SMILES string of the molecule is CN(N=O)C(=O)NCCS(=O)(=O)N(C)C. The molecule has 0 atom stereocenters. The Morgan fingerprint density at radius 3 is 2.27 bits per heavy atom. The molecule has 8 nitrogen and oxygen atoms in total. The fourth-order valence-electron chi connectivity index (χ4n) is 0.621. The number of hydrogen-bond acceptors (Lipinski definition) is 5. The zero-order valence-electron chi connectivity index (χ0n) is 8.80. The molecule has 2 amide bonds. The van der Waals surface area contributed by atoms with E-state index in [1.165, 1.54) is 21.1 Å². The summed E-state index contributed by atoms with van der Waals surface area (Å²) >= 11 is 0. The smallest absolute Gasteiger partial charge is 0.335 e. The molecule has 0 saturated heterocycles. The van der Waals surface area contributed by atoms with Crippen LogP contribution < -0.4 is 5.32 Å². The summed E-state index contributed by atoms with van der Waals surface area (Å²) in [6.45, 7) is -0.0702. The van der Waals surface area contributed by atoms with Crippen LogP contribution in [0.3, 0.4) is 0 Å². The maximum atomic E-state index is 11.2. The monoisotopic (exact) mass is 238 g/mol. The van der Waals surface area contributed by atoms with Crippen LogP contribution in [0.2, 0.25) is 0 Å². The van der Waals surface area contributed by atoms with Crippen molar-refractivity contribution < 1.29 is 13.2 Å². The van der Waals surface area contributed by atoms with E-state index >= 15 is 0 Å².